The summed E-state index contributed by atoms with van der Waals surface area (Å²) in [5, 5.41) is 22.2. The van der Waals surface area contributed by atoms with Crippen LogP contribution in [0.15, 0.2) is 42.5 Å². The Hall–Kier alpha value is -3.14. The number of nitro groups is 1. The number of nitro benzene ring substituents is 1. The lowest BCUT2D eigenvalue weighted by atomic mass is 10.2. The van der Waals surface area contributed by atoms with Gasteiger partial charge in [-0.3, -0.25) is 10.1 Å². The molecule has 1 N–H and O–H groups in total. The van der Waals surface area contributed by atoms with Gasteiger partial charge in [-0.05, 0) is 36.4 Å². The van der Waals surface area contributed by atoms with E-state index in [1.54, 1.807) is 24.3 Å². The molecule has 0 bridgehead atoms. The molecule has 0 amide bonds. The fourth-order valence-electron chi connectivity index (χ4n) is 1.75. The average molecular weight is 301 g/mol. The molecule has 22 heavy (non-hydrogen) atoms. The zero-order chi connectivity index (χ0) is 15.9. The number of halogens is 1. The zero-order valence-corrected chi connectivity index (χ0v) is 11.5. The predicted molar refractivity (Wildman–Crippen MR) is 78.2 cm³/mol. The summed E-state index contributed by atoms with van der Waals surface area (Å²) in [5.74, 6) is -0.254. The summed E-state index contributed by atoms with van der Waals surface area (Å²) < 4.78 is 18.6. The first-order valence-electron chi connectivity index (χ1n) is 6.41. The highest BCUT2D eigenvalue weighted by atomic mass is 19.1. The first-order valence-corrected chi connectivity index (χ1v) is 6.41. The molecule has 2 aromatic carbocycles. The van der Waals surface area contributed by atoms with Crippen LogP contribution in [0.1, 0.15) is 5.56 Å². The highest BCUT2D eigenvalue weighted by Crippen LogP contribution is 2.21. The summed E-state index contributed by atoms with van der Waals surface area (Å²) in [5.41, 5.74) is 0.415. The second-order valence-corrected chi connectivity index (χ2v) is 4.33. The lowest BCUT2D eigenvalue weighted by Gasteiger charge is -2.08. The molecule has 0 heterocycles. The molecule has 0 saturated carbocycles. The van der Waals surface area contributed by atoms with Crippen LogP contribution in [-0.4, -0.2) is 18.1 Å². The monoisotopic (exact) mass is 301 g/mol. The van der Waals surface area contributed by atoms with E-state index in [1.165, 1.54) is 6.07 Å². The lowest BCUT2D eigenvalue weighted by molar-refractivity contribution is -0.387. The van der Waals surface area contributed by atoms with Crippen molar-refractivity contribution in [3.05, 3.63) is 64.0 Å². The van der Waals surface area contributed by atoms with Gasteiger partial charge in [0, 0.05) is 18.3 Å². The van der Waals surface area contributed by atoms with E-state index in [1.807, 2.05) is 6.07 Å². The maximum atomic E-state index is 13.2. The van der Waals surface area contributed by atoms with Gasteiger partial charge in [0.15, 0.2) is 0 Å². The number of nitrogens with zero attached hydrogens (tertiary/aromatic N) is 2. The van der Waals surface area contributed by atoms with E-state index >= 15 is 0 Å². The Morgan fingerprint density at radius 3 is 2.64 bits per heavy atom. The molecule has 112 valence electrons. The third-order valence-electron chi connectivity index (χ3n) is 2.83. The van der Waals surface area contributed by atoms with E-state index in [0.717, 1.165) is 12.1 Å². The summed E-state index contributed by atoms with van der Waals surface area (Å²) in [6.45, 7) is 0.708. The minimum atomic E-state index is -0.871. The van der Waals surface area contributed by atoms with E-state index in [0.29, 0.717) is 30.2 Å². The van der Waals surface area contributed by atoms with Crippen LogP contribution in [0.4, 0.5) is 15.8 Å². The van der Waals surface area contributed by atoms with Crippen molar-refractivity contribution in [3.8, 4) is 11.8 Å². The fourth-order valence-corrected chi connectivity index (χ4v) is 1.75. The van der Waals surface area contributed by atoms with Gasteiger partial charge in [0.1, 0.15) is 12.4 Å². The Balaban J connectivity index is 1.85. The van der Waals surface area contributed by atoms with Gasteiger partial charge in [-0.2, -0.15) is 9.65 Å². The van der Waals surface area contributed by atoms with Gasteiger partial charge in [-0.1, -0.05) is 0 Å². The largest absolute Gasteiger partial charge is 0.492 e. The SMILES string of the molecule is N#Cc1ccc(OCCNc2ccc(F)c([N+](=O)[O-])c2)cc1. The molecular weight excluding hydrogens is 289 g/mol. The van der Waals surface area contributed by atoms with Crippen molar-refractivity contribution in [1.82, 2.24) is 0 Å². The maximum absolute atomic E-state index is 13.2. The standard InChI is InChI=1S/C15H12FN3O3/c16-14-6-3-12(9-15(14)19(20)21)18-7-8-22-13-4-1-11(10-17)2-5-13/h1-6,9,18H,7-8H2. The summed E-state index contributed by atoms with van der Waals surface area (Å²) in [6.07, 6.45) is 0. The first kappa shape index (κ1) is 15.3. The number of nitriles is 1. The van der Waals surface area contributed by atoms with E-state index in [2.05, 4.69) is 5.32 Å². The minimum Gasteiger partial charge on any atom is -0.492 e. The van der Waals surface area contributed by atoms with Gasteiger partial charge in [-0.25, -0.2) is 0 Å². The topological polar surface area (TPSA) is 88.2 Å². The van der Waals surface area contributed by atoms with Crippen LogP contribution in [0.3, 0.4) is 0 Å². The summed E-state index contributed by atoms with van der Waals surface area (Å²) in [4.78, 5) is 9.86. The Kier molecular flexibility index (Phi) is 4.88. The number of benzene rings is 2. The third-order valence-corrected chi connectivity index (χ3v) is 2.83. The van der Waals surface area contributed by atoms with Gasteiger partial charge in [0.05, 0.1) is 16.6 Å². The smallest absolute Gasteiger partial charge is 0.306 e. The van der Waals surface area contributed by atoms with Crippen molar-refractivity contribution >= 4 is 11.4 Å². The van der Waals surface area contributed by atoms with Crippen LogP contribution < -0.4 is 10.1 Å². The fraction of sp³-hybridized carbons (Fsp3) is 0.133. The van der Waals surface area contributed by atoms with Gasteiger partial charge in [-0.15, -0.1) is 0 Å². The van der Waals surface area contributed by atoms with Crippen LogP contribution in [0.5, 0.6) is 5.75 Å². The third kappa shape index (κ3) is 3.93. The number of hydrogen-bond donors (Lipinski definition) is 1. The Labute approximate surface area is 125 Å². The molecule has 0 saturated heterocycles. The summed E-state index contributed by atoms with van der Waals surface area (Å²) in [7, 11) is 0. The molecule has 0 aliphatic heterocycles. The highest BCUT2D eigenvalue weighted by Gasteiger charge is 2.13. The van der Waals surface area contributed by atoms with Crippen LogP contribution in [0, 0.1) is 27.3 Å². The molecule has 0 unspecified atom stereocenters. The van der Waals surface area contributed by atoms with Crippen LogP contribution >= 0.6 is 0 Å². The van der Waals surface area contributed by atoms with Crippen LogP contribution in [0.25, 0.3) is 0 Å². The number of ether oxygens (including phenoxy) is 1. The second kappa shape index (κ2) is 7.04. The van der Waals surface area contributed by atoms with Crippen molar-refractivity contribution in [1.29, 1.82) is 5.26 Å². The molecule has 0 aromatic heterocycles. The molecular formula is C15H12FN3O3. The Bertz CT molecular complexity index is 711. The van der Waals surface area contributed by atoms with Crippen LogP contribution in [0.2, 0.25) is 0 Å². The van der Waals surface area contributed by atoms with Crippen LogP contribution in [-0.2, 0) is 0 Å². The quantitative estimate of drug-likeness (QED) is 0.503. The van der Waals surface area contributed by atoms with Gasteiger partial charge < -0.3 is 10.1 Å². The number of anilines is 1. The average Bonchev–Trinajstić information content (AvgIpc) is 2.53. The Morgan fingerprint density at radius 2 is 2.00 bits per heavy atom. The molecule has 7 heteroatoms. The molecule has 0 aliphatic carbocycles. The molecule has 0 aliphatic rings. The molecule has 0 atom stereocenters. The molecule has 0 radical (unpaired) electrons. The van der Waals surface area contributed by atoms with Crippen molar-refractivity contribution in [3.63, 3.8) is 0 Å². The van der Waals surface area contributed by atoms with Crippen molar-refractivity contribution < 1.29 is 14.1 Å². The van der Waals surface area contributed by atoms with Crippen molar-refractivity contribution in [2.45, 2.75) is 0 Å². The van der Waals surface area contributed by atoms with Crippen molar-refractivity contribution in [2.24, 2.45) is 0 Å². The molecule has 0 fully saturated rings. The Morgan fingerprint density at radius 1 is 1.27 bits per heavy atom. The molecule has 0 spiro atoms. The maximum Gasteiger partial charge on any atom is 0.306 e. The second-order valence-electron chi connectivity index (χ2n) is 4.33. The van der Waals surface area contributed by atoms with Gasteiger partial charge in [0.2, 0.25) is 5.82 Å². The number of nitrogens with one attached hydrogen (secondary N) is 1. The van der Waals surface area contributed by atoms with Crippen molar-refractivity contribution in [2.75, 3.05) is 18.5 Å². The molecule has 6 nitrogen and oxygen atoms in total. The van der Waals surface area contributed by atoms with E-state index < -0.39 is 16.4 Å². The summed E-state index contributed by atoms with van der Waals surface area (Å²) >= 11 is 0. The number of hydrogen-bond acceptors (Lipinski definition) is 5. The highest BCUT2D eigenvalue weighted by molar-refractivity contribution is 5.51. The van der Waals surface area contributed by atoms with E-state index in [-0.39, 0.29) is 0 Å². The molecule has 2 aromatic rings. The first-order chi connectivity index (χ1) is 10.6. The van der Waals surface area contributed by atoms with E-state index in [4.69, 9.17) is 10.00 Å². The molecule has 2 rings (SSSR count). The van der Waals surface area contributed by atoms with E-state index in [9.17, 15) is 14.5 Å². The normalized spacial score (nSPS) is 9.82. The zero-order valence-electron chi connectivity index (χ0n) is 11.5. The summed E-state index contributed by atoms with van der Waals surface area (Å²) in [6, 6.07) is 12.3. The number of rotatable bonds is 6. The lowest BCUT2D eigenvalue weighted by Crippen LogP contribution is -2.11. The van der Waals surface area contributed by atoms with Gasteiger partial charge in [0.25, 0.3) is 0 Å². The minimum absolute atomic E-state index is 0.317. The predicted octanol–water partition coefficient (Wildman–Crippen LogP) is 3.10. The van der Waals surface area contributed by atoms with Gasteiger partial charge >= 0.3 is 5.69 Å².